The largest absolute Gasteiger partial charge is 0.326 e. The van der Waals surface area contributed by atoms with Crippen molar-refractivity contribution in [3.63, 3.8) is 0 Å². The van der Waals surface area contributed by atoms with E-state index in [1.807, 2.05) is 24.3 Å². The van der Waals surface area contributed by atoms with E-state index in [0.29, 0.717) is 13.1 Å². The van der Waals surface area contributed by atoms with Gasteiger partial charge >= 0.3 is 0 Å². The van der Waals surface area contributed by atoms with Crippen LogP contribution in [0.4, 0.5) is 5.69 Å². The zero-order chi connectivity index (χ0) is 13.7. The minimum atomic E-state index is 0.0525. The first kappa shape index (κ1) is 14.0. The number of nitrogens with one attached hydrogen (secondary N) is 1. The molecule has 104 valence electrons. The zero-order valence-corrected chi connectivity index (χ0v) is 11.6. The fourth-order valence-electron chi connectivity index (χ4n) is 2.15. The zero-order valence-electron chi connectivity index (χ0n) is 11.6. The van der Waals surface area contributed by atoms with Gasteiger partial charge in [0.25, 0.3) is 0 Å². The van der Waals surface area contributed by atoms with Crippen molar-refractivity contribution in [3.05, 3.63) is 29.8 Å². The van der Waals surface area contributed by atoms with Crippen molar-refractivity contribution >= 4 is 11.6 Å². The van der Waals surface area contributed by atoms with E-state index in [2.05, 4.69) is 17.1 Å². The average Bonchev–Trinajstić information content (AvgIpc) is 3.22. The van der Waals surface area contributed by atoms with Crippen LogP contribution in [0.2, 0.25) is 0 Å². The Morgan fingerprint density at radius 3 is 2.89 bits per heavy atom. The van der Waals surface area contributed by atoms with Crippen molar-refractivity contribution in [2.24, 2.45) is 11.7 Å². The van der Waals surface area contributed by atoms with Crippen molar-refractivity contribution in [3.8, 4) is 0 Å². The maximum atomic E-state index is 12.0. The lowest BCUT2D eigenvalue weighted by Crippen LogP contribution is -2.34. The molecule has 0 bridgehead atoms. The second-order valence-corrected chi connectivity index (χ2v) is 5.22. The van der Waals surface area contributed by atoms with Gasteiger partial charge in [-0.05, 0) is 43.0 Å². The van der Waals surface area contributed by atoms with Crippen LogP contribution in [-0.2, 0) is 11.3 Å². The van der Waals surface area contributed by atoms with E-state index in [9.17, 15) is 4.79 Å². The predicted molar refractivity (Wildman–Crippen MR) is 77.8 cm³/mol. The highest BCUT2D eigenvalue weighted by Gasteiger charge is 2.24. The Labute approximate surface area is 115 Å². The summed E-state index contributed by atoms with van der Waals surface area (Å²) in [6.07, 6.45) is 2.63. The second-order valence-electron chi connectivity index (χ2n) is 5.22. The van der Waals surface area contributed by atoms with Crippen molar-refractivity contribution < 1.29 is 4.79 Å². The number of nitrogens with zero attached hydrogens (tertiary/aromatic N) is 1. The van der Waals surface area contributed by atoms with Crippen molar-refractivity contribution in [1.82, 2.24) is 4.90 Å². The fourth-order valence-corrected chi connectivity index (χ4v) is 2.15. The molecule has 1 saturated carbocycles. The van der Waals surface area contributed by atoms with Gasteiger partial charge in [0.1, 0.15) is 0 Å². The number of amides is 1. The molecule has 1 aliphatic carbocycles. The van der Waals surface area contributed by atoms with E-state index in [0.717, 1.165) is 30.3 Å². The molecule has 0 atom stereocenters. The Hall–Kier alpha value is -1.39. The first-order valence-electron chi connectivity index (χ1n) is 7.02. The van der Waals surface area contributed by atoms with Crippen LogP contribution >= 0.6 is 0 Å². The van der Waals surface area contributed by atoms with Gasteiger partial charge in [0.05, 0.1) is 6.54 Å². The van der Waals surface area contributed by atoms with Crippen molar-refractivity contribution in [2.45, 2.75) is 26.3 Å². The number of anilines is 1. The third-order valence-corrected chi connectivity index (χ3v) is 3.47. The summed E-state index contributed by atoms with van der Waals surface area (Å²) < 4.78 is 0. The molecule has 1 aromatic carbocycles. The van der Waals surface area contributed by atoms with Gasteiger partial charge in [0.2, 0.25) is 5.91 Å². The van der Waals surface area contributed by atoms with Crippen LogP contribution in [0.5, 0.6) is 0 Å². The minimum Gasteiger partial charge on any atom is -0.326 e. The van der Waals surface area contributed by atoms with Gasteiger partial charge in [-0.15, -0.1) is 0 Å². The number of carbonyl (C=O) groups is 1. The van der Waals surface area contributed by atoms with Gasteiger partial charge in [-0.1, -0.05) is 19.1 Å². The van der Waals surface area contributed by atoms with Gasteiger partial charge in [-0.3, -0.25) is 9.69 Å². The lowest BCUT2D eigenvalue weighted by molar-refractivity contribution is -0.117. The molecule has 19 heavy (non-hydrogen) atoms. The molecule has 3 N–H and O–H groups in total. The van der Waals surface area contributed by atoms with Crippen LogP contribution in [-0.4, -0.2) is 30.4 Å². The molecule has 0 saturated heterocycles. The van der Waals surface area contributed by atoms with Gasteiger partial charge in [-0.25, -0.2) is 0 Å². The Morgan fingerprint density at radius 2 is 2.26 bits per heavy atom. The van der Waals surface area contributed by atoms with Crippen LogP contribution < -0.4 is 11.1 Å². The van der Waals surface area contributed by atoms with Crippen LogP contribution in [0, 0.1) is 5.92 Å². The topological polar surface area (TPSA) is 58.4 Å². The fraction of sp³-hybridized carbons (Fsp3) is 0.533. The molecule has 2 rings (SSSR count). The van der Waals surface area contributed by atoms with Gasteiger partial charge in [0, 0.05) is 18.8 Å². The Kier molecular flexibility index (Phi) is 4.93. The van der Waals surface area contributed by atoms with Gasteiger partial charge in [0.15, 0.2) is 0 Å². The Morgan fingerprint density at radius 1 is 1.47 bits per heavy atom. The van der Waals surface area contributed by atoms with E-state index in [4.69, 9.17) is 5.73 Å². The summed E-state index contributed by atoms with van der Waals surface area (Å²) in [6.45, 7) is 5.04. The molecule has 0 aliphatic heterocycles. The molecule has 1 aromatic rings. The first-order chi connectivity index (χ1) is 9.21. The number of likely N-dealkylation sites (N-methyl/N-ethyl adjacent to an activating group) is 1. The summed E-state index contributed by atoms with van der Waals surface area (Å²) in [7, 11) is 0. The third-order valence-electron chi connectivity index (χ3n) is 3.47. The van der Waals surface area contributed by atoms with Gasteiger partial charge < -0.3 is 11.1 Å². The normalized spacial score (nSPS) is 14.7. The van der Waals surface area contributed by atoms with E-state index >= 15 is 0 Å². The van der Waals surface area contributed by atoms with Crippen molar-refractivity contribution in [1.29, 1.82) is 0 Å². The lowest BCUT2D eigenvalue weighted by Gasteiger charge is -2.19. The summed E-state index contributed by atoms with van der Waals surface area (Å²) >= 11 is 0. The molecule has 1 aliphatic rings. The standard InChI is InChI=1S/C15H23N3O/c1-2-18(10-12-6-7-12)11-15(19)17-14-5-3-4-13(8-14)9-16/h3-5,8,12H,2,6-7,9-11,16H2,1H3,(H,17,19). The van der Waals surface area contributed by atoms with Gasteiger partial charge in [-0.2, -0.15) is 0 Å². The molecular formula is C15H23N3O. The first-order valence-corrected chi connectivity index (χ1v) is 7.02. The maximum Gasteiger partial charge on any atom is 0.238 e. The number of nitrogens with two attached hydrogens (primary N) is 1. The number of hydrogen-bond donors (Lipinski definition) is 2. The van der Waals surface area contributed by atoms with E-state index < -0.39 is 0 Å². The molecule has 0 spiro atoms. The summed E-state index contributed by atoms with van der Waals surface area (Å²) in [6, 6.07) is 7.70. The number of carbonyl (C=O) groups excluding carboxylic acids is 1. The van der Waals surface area contributed by atoms with Crippen LogP contribution in [0.1, 0.15) is 25.3 Å². The molecule has 0 aromatic heterocycles. The lowest BCUT2D eigenvalue weighted by atomic mass is 10.2. The van der Waals surface area contributed by atoms with E-state index in [-0.39, 0.29) is 5.91 Å². The summed E-state index contributed by atoms with van der Waals surface area (Å²) in [5.74, 6) is 0.866. The smallest absolute Gasteiger partial charge is 0.238 e. The van der Waals surface area contributed by atoms with Crippen LogP contribution in [0.25, 0.3) is 0 Å². The number of rotatable bonds is 7. The van der Waals surface area contributed by atoms with E-state index in [1.54, 1.807) is 0 Å². The predicted octanol–water partition coefficient (Wildman–Crippen LogP) is 1.82. The second kappa shape index (κ2) is 6.68. The Bertz CT molecular complexity index is 429. The number of hydrogen-bond acceptors (Lipinski definition) is 3. The molecule has 1 fully saturated rings. The molecule has 4 heteroatoms. The minimum absolute atomic E-state index is 0.0525. The summed E-state index contributed by atoms with van der Waals surface area (Å²) in [4.78, 5) is 14.2. The highest BCUT2D eigenvalue weighted by atomic mass is 16.2. The molecular weight excluding hydrogens is 238 g/mol. The van der Waals surface area contributed by atoms with Crippen molar-refractivity contribution in [2.75, 3.05) is 25.0 Å². The summed E-state index contributed by atoms with van der Waals surface area (Å²) in [5.41, 5.74) is 7.45. The highest BCUT2D eigenvalue weighted by Crippen LogP contribution is 2.29. The molecule has 0 heterocycles. The van der Waals surface area contributed by atoms with Crippen LogP contribution in [0.15, 0.2) is 24.3 Å². The number of benzene rings is 1. The monoisotopic (exact) mass is 261 g/mol. The van der Waals surface area contributed by atoms with Crippen LogP contribution in [0.3, 0.4) is 0 Å². The average molecular weight is 261 g/mol. The molecule has 0 unspecified atom stereocenters. The van der Waals surface area contributed by atoms with E-state index in [1.165, 1.54) is 12.8 Å². The Balaban J connectivity index is 1.84. The molecule has 4 nitrogen and oxygen atoms in total. The highest BCUT2D eigenvalue weighted by molar-refractivity contribution is 5.92. The SMILES string of the molecule is CCN(CC(=O)Nc1cccc(CN)c1)CC1CC1. The third kappa shape index (κ3) is 4.65. The summed E-state index contributed by atoms with van der Waals surface area (Å²) in [5, 5.41) is 2.94. The quantitative estimate of drug-likeness (QED) is 0.787. The molecule has 0 radical (unpaired) electrons. The maximum absolute atomic E-state index is 12.0. The molecule has 1 amide bonds.